The molecule has 0 aliphatic heterocycles. The van der Waals surface area contributed by atoms with E-state index >= 15 is 0 Å². The number of unbranched alkanes of at least 4 members (excludes halogenated alkanes) is 3. The highest BCUT2D eigenvalue weighted by atomic mass is 32.1. The molecular weight excluding hydrogens is 378 g/mol. The zero-order valence-corrected chi connectivity index (χ0v) is 17.9. The zero-order valence-electron chi connectivity index (χ0n) is 17.1. The van der Waals surface area contributed by atoms with E-state index in [-0.39, 0.29) is 5.97 Å². The van der Waals surface area contributed by atoms with Crippen LogP contribution in [-0.4, -0.2) is 11.0 Å². The van der Waals surface area contributed by atoms with E-state index in [1.165, 1.54) is 36.6 Å². The van der Waals surface area contributed by atoms with Gasteiger partial charge in [-0.15, -0.1) is 11.3 Å². The average Bonchev–Trinajstić information content (AvgIpc) is 3.21. The van der Waals surface area contributed by atoms with E-state index in [1.54, 1.807) is 24.3 Å². The molecular formula is C25H27NO2S. The lowest BCUT2D eigenvalue weighted by Gasteiger charge is -2.05. The number of carbonyl (C=O) groups is 1. The number of rotatable bonds is 9. The summed E-state index contributed by atoms with van der Waals surface area (Å²) in [5, 5.41) is 1.08. The summed E-state index contributed by atoms with van der Waals surface area (Å²) in [6.45, 7) is 4.02. The van der Waals surface area contributed by atoms with Crippen LogP contribution < -0.4 is 4.74 Å². The third-order valence-electron chi connectivity index (χ3n) is 4.67. The van der Waals surface area contributed by atoms with E-state index in [0.717, 1.165) is 28.1 Å². The van der Waals surface area contributed by atoms with Crippen molar-refractivity contribution in [1.82, 2.24) is 4.98 Å². The van der Waals surface area contributed by atoms with Gasteiger partial charge in [-0.05, 0) is 43.0 Å². The number of carbonyl (C=O) groups excluding carboxylic acids is 1. The molecule has 0 bridgehead atoms. The van der Waals surface area contributed by atoms with Gasteiger partial charge in [0, 0.05) is 22.7 Å². The van der Waals surface area contributed by atoms with E-state index in [9.17, 15) is 4.79 Å². The summed E-state index contributed by atoms with van der Waals surface area (Å²) in [5.74, 6) is 0.181. The number of hydrogen-bond acceptors (Lipinski definition) is 4. The fourth-order valence-corrected chi connectivity index (χ4v) is 4.05. The Morgan fingerprint density at radius 1 is 0.966 bits per heavy atom. The smallest absolute Gasteiger partial charge is 0.335 e. The second-order valence-electron chi connectivity index (χ2n) is 6.97. The third-order valence-corrected chi connectivity index (χ3v) is 5.78. The van der Waals surface area contributed by atoms with Crippen molar-refractivity contribution in [2.75, 3.05) is 0 Å². The molecule has 4 heteroatoms. The molecule has 150 valence electrons. The number of esters is 1. The molecule has 0 saturated heterocycles. The lowest BCUT2D eigenvalue weighted by atomic mass is 10.0. The van der Waals surface area contributed by atoms with Crippen LogP contribution in [0.15, 0.2) is 66.9 Å². The van der Waals surface area contributed by atoms with Crippen molar-refractivity contribution in [2.45, 2.75) is 46.0 Å². The summed E-state index contributed by atoms with van der Waals surface area (Å²) >= 11 is 1.79. The number of allylic oxidation sites excluding steroid dienone is 1. The Bertz CT molecular complexity index is 940. The predicted molar refractivity (Wildman–Crippen MR) is 121 cm³/mol. The summed E-state index contributed by atoms with van der Waals surface area (Å²) < 4.78 is 5.23. The van der Waals surface area contributed by atoms with Crippen molar-refractivity contribution in [2.24, 2.45) is 0 Å². The Morgan fingerprint density at radius 2 is 1.62 bits per heavy atom. The number of benzene rings is 2. The van der Waals surface area contributed by atoms with Crippen molar-refractivity contribution >= 4 is 17.3 Å². The molecule has 0 saturated carbocycles. The molecule has 0 radical (unpaired) electrons. The van der Waals surface area contributed by atoms with Crippen LogP contribution in [0.2, 0.25) is 0 Å². The van der Waals surface area contributed by atoms with E-state index < -0.39 is 0 Å². The van der Waals surface area contributed by atoms with Crippen molar-refractivity contribution < 1.29 is 9.53 Å². The van der Waals surface area contributed by atoms with Crippen LogP contribution in [0, 0.1) is 0 Å². The van der Waals surface area contributed by atoms with Gasteiger partial charge in [-0.2, -0.15) is 0 Å². The minimum atomic E-state index is -0.363. The Balaban J connectivity index is 1.63. The molecule has 3 nitrogen and oxygen atoms in total. The highest BCUT2D eigenvalue weighted by Gasteiger charge is 2.06. The first kappa shape index (κ1) is 21.0. The summed E-state index contributed by atoms with van der Waals surface area (Å²) in [6.07, 6.45) is 11.3. The van der Waals surface area contributed by atoms with E-state index in [1.807, 2.05) is 30.5 Å². The maximum Gasteiger partial charge on any atom is 0.335 e. The minimum absolute atomic E-state index is 0.363. The molecule has 29 heavy (non-hydrogen) atoms. The number of nitrogens with zero attached hydrogens (tertiary/aromatic N) is 1. The molecule has 3 aromatic rings. The van der Waals surface area contributed by atoms with Crippen LogP contribution in [0.4, 0.5) is 0 Å². The van der Waals surface area contributed by atoms with Gasteiger partial charge >= 0.3 is 5.97 Å². The maximum absolute atomic E-state index is 11.5. The lowest BCUT2D eigenvalue weighted by molar-refractivity contribution is -0.129. The molecule has 0 unspecified atom stereocenters. The van der Waals surface area contributed by atoms with Gasteiger partial charge in [0.15, 0.2) is 0 Å². The zero-order chi connectivity index (χ0) is 20.5. The van der Waals surface area contributed by atoms with E-state index in [4.69, 9.17) is 4.74 Å². The quantitative estimate of drug-likeness (QED) is 0.165. The van der Waals surface area contributed by atoms with Gasteiger partial charge in [-0.3, -0.25) is 0 Å². The highest BCUT2D eigenvalue weighted by Crippen LogP contribution is 2.29. The number of aromatic nitrogens is 1. The largest absolute Gasteiger partial charge is 0.423 e. The second-order valence-corrected chi connectivity index (χ2v) is 8.08. The summed E-state index contributed by atoms with van der Waals surface area (Å²) in [4.78, 5) is 17.5. The van der Waals surface area contributed by atoms with Gasteiger partial charge in [-0.25, -0.2) is 9.78 Å². The number of hydrogen-bond donors (Lipinski definition) is 0. The summed E-state index contributed by atoms with van der Waals surface area (Å²) in [7, 11) is 0. The first-order valence-corrected chi connectivity index (χ1v) is 11.0. The lowest BCUT2D eigenvalue weighted by Crippen LogP contribution is -2.03. The Labute approximate surface area is 177 Å². The second kappa shape index (κ2) is 10.7. The Kier molecular flexibility index (Phi) is 7.77. The molecule has 0 aliphatic rings. The average molecular weight is 406 g/mol. The molecule has 0 spiro atoms. The van der Waals surface area contributed by atoms with Gasteiger partial charge in [0.05, 0.1) is 0 Å². The molecule has 0 N–H and O–H groups in total. The minimum Gasteiger partial charge on any atom is -0.423 e. The van der Waals surface area contributed by atoms with Gasteiger partial charge < -0.3 is 4.74 Å². The van der Waals surface area contributed by atoms with Crippen LogP contribution in [0.25, 0.3) is 21.7 Å². The van der Waals surface area contributed by atoms with Crippen molar-refractivity contribution in [1.29, 1.82) is 0 Å². The number of thiazole rings is 1. The SMILES string of the molecule is C/C=C/C(=O)Oc1ccc(-c2ccc(-c3ncc(CCCCCC)s3)cc2)cc1. The van der Waals surface area contributed by atoms with Crippen LogP contribution in [0.1, 0.15) is 44.4 Å². The standard InChI is InChI=1S/C25H27NO2S/c1-3-5-6-7-9-23-18-26-25(29-23)21-12-10-19(11-13-21)20-14-16-22(17-15-20)28-24(27)8-4-2/h4,8,10-18H,3,5-7,9H2,1-2H3/b8-4+. The van der Waals surface area contributed by atoms with Crippen LogP contribution in [0.3, 0.4) is 0 Å². The topological polar surface area (TPSA) is 39.2 Å². The van der Waals surface area contributed by atoms with E-state index in [0.29, 0.717) is 5.75 Å². The monoisotopic (exact) mass is 405 g/mol. The van der Waals surface area contributed by atoms with Crippen molar-refractivity contribution in [3.05, 3.63) is 71.8 Å². The first-order chi connectivity index (χ1) is 14.2. The molecule has 3 rings (SSSR count). The normalized spacial score (nSPS) is 11.1. The first-order valence-electron chi connectivity index (χ1n) is 10.2. The molecule has 0 fully saturated rings. The number of aryl methyl sites for hydroxylation is 1. The molecule has 2 aromatic carbocycles. The fourth-order valence-electron chi connectivity index (χ4n) is 3.09. The van der Waals surface area contributed by atoms with Gasteiger partial charge in [0.2, 0.25) is 0 Å². The van der Waals surface area contributed by atoms with Crippen LogP contribution in [0.5, 0.6) is 5.75 Å². The van der Waals surface area contributed by atoms with Crippen molar-refractivity contribution in [3.63, 3.8) is 0 Å². The van der Waals surface area contributed by atoms with Crippen molar-refractivity contribution in [3.8, 4) is 27.4 Å². The van der Waals surface area contributed by atoms with Crippen LogP contribution in [-0.2, 0) is 11.2 Å². The molecule has 1 aromatic heterocycles. The van der Waals surface area contributed by atoms with Crippen LogP contribution >= 0.6 is 11.3 Å². The van der Waals surface area contributed by atoms with Gasteiger partial charge in [-0.1, -0.05) is 68.7 Å². The number of ether oxygens (including phenoxy) is 1. The fraction of sp³-hybridized carbons (Fsp3) is 0.280. The molecule has 0 amide bonds. The Morgan fingerprint density at radius 3 is 2.28 bits per heavy atom. The highest BCUT2D eigenvalue weighted by molar-refractivity contribution is 7.15. The molecule has 0 atom stereocenters. The van der Waals surface area contributed by atoms with Gasteiger partial charge in [0.1, 0.15) is 10.8 Å². The summed E-state index contributed by atoms with van der Waals surface area (Å²) in [5.41, 5.74) is 3.35. The maximum atomic E-state index is 11.5. The molecule has 1 heterocycles. The van der Waals surface area contributed by atoms with Gasteiger partial charge in [0.25, 0.3) is 0 Å². The Hall–Kier alpha value is -2.72. The summed E-state index contributed by atoms with van der Waals surface area (Å²) in [6, 6.07) is 16.0. The predicted octanol–water partition coefficient (Wildman–Crippen LogP) is 7.08. The third kappa shape index (κ3) is 6.13. The molecule has 0 aliphatic carbocycles. The van der Waals surface area contributed by atoms with E-state index in [2.05, 4.69) is 36.2 Å².